The molecule has 1 aromatic heterocycles. The average molecular weight is 550 g/mol. The molecule has 1 aromatic rings. The third-order valence-electron chi connectivity index (χ3n) is 5.51. The number of carbonyl (C=O) groups excluding carboxylic acids is 5. The number of hydrogen-bond acceptors (Lipinski definition) is 9. The van der Waals surface area contributed by atoms with Crippen molar-refractivity contribution in [1.29, 1.82) is 5.26 Å². The molecule has 0 bridgehead atoms. The lowest BCUT2D eigenvalue weighted by Gasteiger charge is -2.24. The van der Waals surface area contributed by atoms with Crippen LogP contribution in [0.15, 0.2) is 17.2 Å². The fraction of sp³-hybridized carbons (Fsp3) is 0.522. The number of pyridine rings is 1. The van der Waals surface area contributed by atoms with Crippen LogP contribution in [0.1, 0.15) is 48.7 Å². The van der Waals surface area contributed by atoms with Gasteiger partial charge in [0, 0.05) is 32.3 Å². The van der Waals surface area contributed by atoms with Crippen molar-refractivity contribution < 1.29 is 32.4 Å². The molecule has 38 heavy (non-hydrogen) atoms. The van der Waals surface area contributed by atoms with Crippen LogP contribution in [0, 0.1) is 11.3 Å². The number of hydrogen-bond donors (Lipinski definition) is 4. The summed E-state index contributed by atoms with van der Waals surface area (Å²) in [7, 11) is -3.83. The second-order valence-electron chi connectivity index (χ2n) is 8.53. The second-order valence-corrected chi connectivity index (χ2v) is 10.5. The van der Waals surface area contributed by atoms with Gasteiger partial charge in [-0.05, 0) is 31.4 Å². The first-order valence-electron chi connectivity index (χ1n) is 12.0. The van der Waals surface area contributed by atoms with Crippen molar-refractivity contribution in [1.82, 2.24) is 31.2 Å². The molecule has 1 aliphatic rings. The van der Waals surface area contributed by atoms with Crippen molar-refractivity contribution in [2.75, 3.05) is 39.0 Å². The van der Waals surface area contributed by atoms with Gasteiger partial charge in [-0.25, -0.2) is 13.4 Å². The molecule has 206 valence electrons. The minimum absolute atomic E-state index is 0.128. The lowest BCUT2D eigenvalue weighted by molar-refractivity contribution is -0.138. The molecule has 15 heteroatoms. The van der Waals surface area contributed by atoms with Crippen molar-refractivity contribution in [3.8, 4) is 6.07 Å². The molecular formula is C23H31N7O7S. The zero-order valence-electron chi connectivity index (χ0n) is 21.2. The van der Waals surface area contributed by atoms with Gasteiger partial charge in [0.1, 0.15) is 17.8 Å². The fourth-order valence-electron chi connectivity index (χ4n) is 3.62. The highest BCUT2D eigenvalue weighted by atomic mass is 32.2. The van der Waals surface area contributed by atoms with E-state index in [4.69, 9.17) is 5.26 Å². The molecular weight excluding hydrogens is 518 g/mol. The SMILES string of the molecule is CCCNC(=O)[C@@H]1CCCN1C(=O)CNC(=O)CNC(=O)CCNC(=O)c1ccc(C#N)c(S(C)(=O)=O)n1. The van der Waals surface area contributed by atoms with Crippen LogP contribution in [0.4, 0.5) is 0 Å². The largest absolute Gasteiger partial charge is 0.354 e. The van der Waals surface area contributed by atoms with Crippen LogP contribution >= 0.6 is 0 Å². The molecule has 1 fully saturated rings. The highest BCUT2D eigenvalue weighted by Crippen LogP contribution is 2.17. The van der Waals surface area contributed by atoms with Crippen molar-refractivity contribution in [2.45, 2.75) is 43.7 Å². The van der Waals surface area contributed by atoms with E-state index < -0.39 is 51.1 Å². The van der Waals surface area contributed by atoms with E-state index in [2.05, 4.69) is 26.3 Å². The Balaban J connectivity index is 1.73. The van der Waals surface area contributed by atoms with Gasteiger partial charge in [0.15, 0.2) is 14.9 Å². The Bertz CT molecular complexity index is 1230. The molecule has 0 spiro atoms. The molecule has 0 aromatic carbocycles. The van der Waals surface area contributed by atoms with Crippen LogP contribution in [0.5, 0.6) is 0 Å². The Labute approximate surface area is 220 Å². The molecule has 0 radical (unpaired) electrons. The molecule has 1 aliphatic heterocycles. The van der Waals surface area contributed by atoms with E-state index in [1.807, 2.05) is 6.92 Å². The first kappa shape index (κ1) is 30.2. The van der Waals surface area contributed by atoms with E-state index >= 15 is 0 Å². The number of amides is 5. The number of sulfone groups is 1. The summed E-state index contributed by atoms with van der Waals surface area (Å²) in [5.74, 6) is -2.50. The van der Waals surface area contributed by atoms with Crippen molar-refractivity contribution in [3.05, 3.63) is 23.4 Å². The number of carbonyl (C=O) groups is 5. The zero-order valence-corrected chi connectivity index (χ0v) is 22.0. The zero-order chi connectivity index (χ0) is 28.3. The van der Waals surface area contributed by atoms with Crippen LogP contribution in [0.2, 0.25) is 0 Å². The van der Waals surface area contributed by atoms with Crippen LogP contribution in [0.3, 0.4) is 0 Å². The first-order chi connectivity index (χ1) is 18.0. The van der Waals surface area contributed by atoms with Crippen LogP contribution < -0.4 is 21.3 Å². The standard InChI is InChI=1S/C23H31N7O7S/c1-3-9-25-22(35)17-5-4-11-30(17)20(33)14-28-19(32)13-27-18(31)8-10-26-21(34)16-7-6-15(12-24)23(29-16)38(2,36)37/h6-7,17H,3-5,8-11,13-14H2,1-2H3,(H,25,35)(H,26,34)(H,27,31)(H,28,32)/t17-/m0/s1. The Hall–Kier alpha value is -4.06. The number of aromatic nitrogens is 1. The Morgan fingerprint density at radius 1 is 1.05 bits per heavy atom. The van der Waals surface area contributed by atoms with Crippen LogP contribution in [-0.2, 0) is 29.0 Å². The van der Waals surface area contributed by atoms with Gasteiger partial charge in [-0.15, -0.1) is 0 Å². The van der Waals surface area contributed by atoms with Gasteiger partial charge < -0.3 is 26.2 Å². The lowest BCUT2D eigenvalue weighted by Crippen LogP contribution is -2.49. The van der Waals surface area contributed by atoms with Crippen molar-refractivity contribution in [3.63, 3.8) is 0 Å². The van der Waals surface area contributed by atoms with Gasteiger partial charge >= 0.3 is 0 Å². The quantitative estimate of drug-likeness (QED) is 0.232. The summed E-state index contributed by atoms with van der Waals surface area (Å²) in [5.41, 5.74) is -0.432. The van der Waals surface area contributed by atoms with E-state index in [-0.39, 0.29) is 36.7 Å². The number of rotatable bonds is 12. The summed E-state index contributed by atoms with van der Waals surface area (Å²) >= 11 is 0. The summed E-state index contributed by atoms with van der Waals surface area (Å²) in [6.07, 6.45) is 2.71. The lowest BCUT2D eigenvalue weighted by atomic mass is 10.2. The van der Waals surface area contributed by atoms with E-state index in [9.17, 15) is 32.4 Å². The topological polar surface area (TPSA) is 208 Å². The predicted molar refractivity (Wildman–Crippen MR) is 133 cm³/mol. The van der Waals surface area contributed by atoms with Gasteiger partial charge in [0.2, 0.25) is 23.6 Å². The minimum Gasteiger partial charge on any atom is -0.354 e. The van der Waals surface area contributed by atoms with Gasteiger partial charge in [0.25, 0.3) is 5.91 Å². The molecule has 2 heterocycles. The molecule has 1 atom stereocenters. The van der Waals surface area contributed by atoms with E-state index in [0.717, 1.165) is 12.7 Å². The highest BCUT2D eigenvalue weighted by Gasteiger charge is 2.33. The summed E-state index contributed by atoms with van der Waals surface area (Å²) in [6.45, 7) is 2.04. The second kappa shape index (κ2) is 14.0. The number of nitrogens with one attached hydrogen (secondary N) is 4. The van der Waals surface area contributed by atoms with Gasteiger partial charge in [-0.2, -0.15) is 5.26 Å². The van der Waals surface area contributed by atoms with Crippen LogP contribution in [0.25, 0.3) is 0 Å². The summed E-state index contributed by atoms with van der Waals surface area (Å²) < 4.78 is 23.6. The van der Waals surface area contributed by atoms with Gasteiger partial charge in [-0.3, -0.25) is 24.0 Å². The summed E-state index contributed by atoms with van der Waals surface area (Å²) in [4.78, 5) is 66.1. The average Bonchev–Trinajstić information content (AvgIpc) is 3.38. The molecule has 14 nitrogen and oxygen atoms in total. The van der Waals surface area contributed by atoms with Crippen molar-refractivity contribution >= 4 is 39.4 Å². The van der Waals surface area contributed by atoms with E-state index in [0.29, 0.717) is 25.9 Å². The maximum atomic E-state index is 12.5. The van der Waals surface area contributed by atoms with Gasteiger partial charge in [-0.1, -0.05) is 6.92 Å². The van der Waals surface area contributed by atoms with Crippen molar-refractivity contribution in [2.24, 2.45) is 0 Å². The molecule has 0 unspecified atom stereocenters. The number of nitriles is 1. The Kier molecular flexibility index (Phi) is 11.1. The predicted octanol–water partition coefficient (Wildman–Crippen LogP) is -1.77. The minimum atomic E-state index is -3.83. The molecule has 0 saturated carbocycles. The highest BCUT2D eigenvalue weighted by molar-refractivity contribution is 7.90. The maximum absolute atomic E-state index is 12.5. The molecule has 2 rings (SSSR count). The molecule has 4 N–H and O–H groups in total. The van der Waals surface area contributed by atoms with E-state index in [1.165, 1.54) is 17.0 Å². The fourth-order valence-corrected chi connectivity index (χ4v) is 4.40. The van der Waals surface area contributed by atoms with E-state index in [1.54, 1.807) is 6.07 Å². The molecule has 5 amide bonds. The summed E-state index contributed by atoms with van der Waals surface area (Å²) in [5, 5.41) is 18.4. The smallest absolute Gasteiger partial charge is 0.269 e. The molecule has 1 saturated heterocycles. The summed E-state index contributed by atoms with van der Waals surface area (Å²) in [6, 6.07) is 3.50. The first-order valence-corrected chi connectivity index (χ1v) is 13.9. The number of likely N-dealkylation sites (tertiary alicyclic amines) is 1. The third kappa shape index (κ3) is 8.80. The Morgan fingerprint density at radius 2 is 1.76 bits per heavy atom. The third-order valence-corrected chi connectivity index (χ3v) is 6.52. The van der Waals surface area contributed by atoms with Gasteiger partial charge in [0.05, 0.1) is 18.7 Å². The monoisotopic (exact) mass is 549 g/mol. The Morgan fingerprint density at radius 3 is 2.42 bits per heavy atom. The molecule has 0 aliphatic carbocycles. The maximum Gasteiger partial charge on any atom is 0.269 e. The van der Waals surface area contributed by atoms with Crippen LogP contribution in [-0.4, -0.2) is 92.9 Å². The normalized spacial score (nSPS) is 14.8. The number of nitrogens with zero attached hydrogens (tertiary/aromatic N) is 3.